The lowest BCUT2D eigenvalue weighted by molar-refractivity contribution is -0.125. The van der Waals surface area contributed by atoms with Crippen molar-refractivity contribution in [3.8, 4) is 5.75 Å². The van der Waals surface area contributed by atoms with E-state index in [9.17, 15) is 4.79 Å². The number of ether oxygens (including phenoxy) is 1. The van der Waals surface area contributed by atoms with Crippen LogP contribution in [0.2, 0.25) is 0 Å². The van der Waals surface area contributed by atoms with Gasteiger partial charge in [-0.3, -0.25) is 15.6 Å². The summed E-state index contributed by atoms with van der Waals surface area (Å²) >= 11 is 0. The predicted octanol–water partition coefficient (Wildman–Crippen LogP) is 3.20. The quantitative estimate of drug-likeness (QED) is 0.359. The summed E-state index contributed by atoms with van der Waals surface area (Å²) in [4.78, 5) is 14.2. The van der Waals surface area contributed by atoms with Crippen molar-refractivity contribution < 1.29 is 9.53 Å². The molecule has 3 rings (SSSR count). The number of piperidine rings is 1. The van der Waals surface area contributed by atoms with Crippen LogP contribution < -0.4 is 15.4 Å². The highest BCUT2D eigenvalue weighted by Crippen LogP contribution is 2.15. The monoisotopic (exact) mass is 435 g/mol. The van der Waals surface area contributed by atoms with Gasteiger partial charge in [-0.25, -0.2) is 0 Å². The third-order valence-corrected chi connectivity index (χ3v) is 5.74. The number of rotatable bonds is 9. The number of amidine groups is 2. The minimum absolute atomic E-state index is 0.0258. The minimum Gasteiger partial charge on any atom is -0.497 e. The van der Waals surface area contributed by atoms with Crippen molar-refractivity contribution in [1.82, 2.24) is 15.5 Å². The SMILES string of the molecule is COc1ccc(CN(C(=N)CCc2ccccc2)C(=N)CNC(=O)C2CCCNC2)cc1. The number of carbonyl (C=O) groups excluding carboxylic acids is 1. The summed E-state index contributed by atoms with van der Waals surface area (Å²) in [7, 11) is 1.63. The molecule has 170 valence electrons. The number of benzene rings is 2. The van der Waals surface area contributed by atoms with Gasteiger partial charge in [0.05, 0.1) is 26.1 Å². The van der Waals surface area contributed by atoms with Gasteiger partial charge in [0, 0.05) is 13.0 Å². The van der Waals surface area contributed by atoms with E-state index in [1.165, 1.54) is 0 Å². The van der Waals surface area contributed by atoms with Crippen LogP contribution in [0.15, 0.2) is 54.6 Å². The molecule has 1 aliphatic rings. The van der Waals surface area contributed by atoms with Crippen LogP contribution in [-0.4, -0.2) is 49.2 Å². The van der Waals surface area contributed by atoms with Gasteiger partial charge in [-0.2, -0.15) is 0 Å². The number of nitrogens with one attached hydrogen (secondary N) is 4. The third kappa shape index (κ3) is 6.92. The van der Waals surface area contributed by atoms with Crippen LogP contribution in [0.4, 0.5) is 0 Å². The van der Waals surface area contributed by atoms with Crippen LogP contribution in [-0.2, 0) is 17.8 Å². The first-order valence-corrected chi connectivity index (χ1v) is 11.1. The number of carbonyl (C=O) groups is 1. The van der Waals surface area contributed by atoms with E-state index in [-0.39, 0.29) is 24.2 Å². The normalized spacial score (nSPS) is 15.6. The van der Waals surface area contributed by atoms with E-state index in [0.29, 0.717) is 25.3 Å². The van der Waals surface area contributed by atoms with Crippen LogP contribution in [0.1, 0.15) is 30.4 Å². The van der Waals surface area contributed by atoms with E-state index in [4.69, 9.17) is 15.6 Å². The van der Waals surface area contributed by atoms with E-state index in [0.717, 1.165) is 42.7 Å². The van der Waals surface area contributed by atoms with Crippen molar-refractivity contribution in [2.75, 3.05) is 26.7 Å². The summed E-state index contributed by atoms with van der Waals surface area (Å²) in [6, 6.07) is 17.7. The number of hydrogen-bond acceptors (Lipinski definition) is 5. The van der Waals surface area contributed by atoms with Gasteiger partial charge in [-0.05, 0) is 49.1 Å². The molecule has 7 heteroatoms. The molecule has 0 aromatic heterocycles. The maximum Gasteiger partial charge on any atom is 0.224 e. The number of methoxy groups -OCH3 is 1. The molecule has 1 amide bonds. The lowest BCUT2D eigenvalue weighted by Crippen LogP contribution is -2.46. The van der Waals surface area contributed by atoms with Crippen molar-refractivity contribution in [2.24, 2.45) is 5.92 Å². The maximum atomic E-state index is 12.5. The summed E-state index contributed by atoms with van der Waals surface area (Å²) in [5.74, 6) is 1.27. The molecule has 1 aliphatic heterocycles. The molecule has 1 heterocycles. The van der Waals surface area contributed by atoms with Gasteiger partial charge in [0.1, 0.15) is 17.4 Å². The molecular formula is C25H33N5O2. The standard InChI is InChI=1S/C25H33N5O2/c1-32-22-12-9-20(10-13-22)18-30(23(26)14-11-19-6-3-2-4-7-19)24(27)17-29-25(31)21-8-5-15-28-16-21/h2-4,6-7,9-10,12-13,21,26-28H,5,8,11,14-18H2,1H3,(H,29,31). The molecule has 7 nitrogen and oxygen atoms in total. The molecule has 1 fully saturated rings. The highest BCUT2D eigenvalue weighted by atomic mass is 16.5. The molecule has 1 atom stereocenters. The molecule has 32 heavy (non-hydrogen) atoms. The summed E-state index contributed by atoms with van der Waals surface area (Å²) in [5.41, 5.74) is 2.13. The Bertz CT molecular complexity index is 892. The first-order valence-electron chi connectivity index (χ1n) is 11.1. The van der Waals surface area contributed by atoms with Gasteiger partial charge in [0.25, 0.3) is 0 Å². The second-order valence-electron chi connectivity index (χ2n) is 8.07. The average Bonchev–Trinajstić information content (AvgIpc) is 2.85. The first-order chi connectivity index (χ1) is 15.6. The summed E-state index contributed by atoms with van der Waals surface area (Å²) in [6.45, 7) is 2.14. The lowest BCUT2D eigenvalue weighted by atomic mass is 9.99. The topological polar surface area (TPSA) is 101 Å². The van der Waals surface area contributed by atoms with Crippen molar-refractivity contribution in [1.29, 1.82) is 10.8 Å². The van der Waals surface area contributed by atoms with Gasteiger partial charge < -0.3 is 20.3 Å². The zero-order valence-electron chi connectivity index (χ0n) is 18.7. The van der Waals surface area contributed by atoms with Crippen molar-refractivity contribution >= 4 is 17.6 Å². The Morgan fingerprint density at radius 3 is 2.50 bits per heavy atom. The van der Waals surface area contributed by atoms with Crippen LogP contribution in [0, 0.1) is 16.7 Å². The molecule has 0 bridgehead atoms. The molecular weight excluding hydrogens is 402 g/mol. The van der Waals surface area contributed by atoms with Crippen molar-refractivity contribution in [3.63, 3.8) is 0 Å². The Hall–Kier alpha value is -3.19. The van der Waals surface area contributed by atoms with Gasteiger partial charge in [-0.1, -0.05) is 42.5 Å². The average molecular weight is 436 g/mol. The number of aryl methyl sites for hydroxylation is 1. The second kappa shape index (κ2) is 12.0. The maximum absolute atomic E-state index is 12.5. The number of hydrogen-bond donors (Lipinski definition) is 4. The minimum atomic E-state index is -0.0517. The number of amides is 1. The van der Waals surface area contributed by atoms with E-state index in [1.807, 2.05) is 54.6 Å². The predicted molar refractivity (Wildman–Crippen MR) is 127 cm³/mol. The zero-order chi connectivity index (χ0) is 22.8. The molecule has 2 aromatic rings. The largest absolute Gasteiger partial charge is 0.497 e. The number of nitrogens with zero attached hydrogens (tertiary/aromatic N) is 1. The Morgan fingerprint density at radius 1 is 1.09 bits per heavy atom. The highest BCUT2D eigenvalue weighted by Gasteiger charge is 2.22. The molecule has 0 radical (unpaired) electrons. The fourth-order valence-electron chi connectivity index (χ4n) is 3.80. The molecule has 0 spiro atoms. The molecule has 1 saturated heterocycles. The fourth-order valence-corrected chi connectivity index (χ4v) is 3.80. The zero-order valence-corrected chi connectivity index (χ0v) is 18.7. The van der Waals surface area contributed by atoms with Gasteiger partial charge in [-0.15, -0.1) is 0 Å². The van der Waals surface area contributed by atoms with Gasteiger partial charge in [0.2, 0.25) is 5.91 Å². The van der Waals surface area contributed by atoms with Gasteiger partial charge in [0.15, 0.2) is 0 Å². The fraction of sp³-hybridized carbons (Fsp3) is 0.400. The molecule has 1 unspecified atom stereocenters. The van der Waals surface area contributed by atoms with Crippen LogP contribution >= 0.6 is 0 Å². The van der Waals surface area contributed by atoms with Crippen LogP contribution in [0.25, 0.3) is 0 Å². The van der Waals surface area contributed by atoms with E-state index in [1.54, 1.807) is 12.0 Å². The molecule has 0 saturated carbocycles. The van der Waals surface area contributed by atoms with E-state index < -0.39 is 0 Å². The smallest absolute Gasteiger partial charge is 0.224 e. The Balaban J connectivity index is 1.64. The summed E-state index contributed by atoms with van der Waals surface area (Å²) < 4.78 is 5.23. The third-order valence-electron chi connectivity index (χ3n) is 5.74. The molecule has 0 aliphatic carbocycles. The highest BCUT2D eigenvalue weighted by molar-refractivity contribution is 6.00. The summed E-state index contributed by atoms with van der Waals surface area (Å²) in [5, 5.41) is 23.4. The second-order valence-corrected chi connectivity index (χ2v) is 8.07. The Morgan fingerprint density at radius 2 is 1.84 bits per heavy atom. The van der Waals surface area contributed by atoms with Crippen molar-refractivity contribution in [2.45, 2.75) is 32.2 Å². The Labute approximate surface area is 190 Å². The Kier molecular flexibility index (Phi) is 8.80. The molecule has 4 N–H and O–H groups in total. The molecule has 2 aromatic carbocycles. The summed E-state index contributed by atoms with van der Waals surface area (Å²) in [6.07, 6.45) is 3.10. The lowest BCUT2D eigenvalue weighted by Gasteiger charge is -2.27. The van der Waals surface area contributed by atoms with Crippen molar-refractivity contribution in [3.05, 3.63) is 65.7 Å². The van der Waals surface area contributed by atoms with E-state index >= 15 is 0 Å². The first kappa shape index (κ1) is 23.5. The van der Waals surface area contributed by atoms with E-state index in [2.05, 4.69) is 10.6 Å². The van der Waals surface area contributed by atoms with Gasteiger partial charge >= 0.3 is 0 Å². The van der Waals surface area contributed by atoms with Crippen LogP contribution in [0.5, 0.6) is 5.75 Å². The van der Waals surface area contributed by atoms with Crippen LogP contribution in [0.3, 0.4) is 0 Å².